The van der Waals surface area contributed by atoms with Gasteiger partial charge in [-0.3, -0.25) is 0 Å². The van der Waals surface area contributed by atoms with Crippen molar-refractivity contribution in [3.05, 3.63) is 12.7 Å². The van der Waals surface area contributed by atoms with Crippen molar-refractivity contribution in [2.24, 2.45) is 5.41 Å². The van der Waals surface area contributed by atoms with Crippen molar-refractivity contribution in [1.29, 1.82) is 0 Å². The first-order chi connectivity index (χ1) is 7.16. The average Bonchev–Trinajstić information content (AvgIpc) is 2.18. The molecule has 1 rings (SSSR count). The lowest BCUT2D eigenvalue weighted by Gasteiger charge is -2.37. The minimum absolute atomic E-state index is 0.487. The van der Waals surface area contributed by atoms with Gasteiger partial charge in [-0.05, 0) is 51.2 Å². The smallest absolute Gasteiger partial charge is 0.00444 e. The first-order valence-electron chi connectivity index (χ1n) is 6.16. The molecule has 1 aliphatic rings. The van der Waals surface area contributed by atoms with E-state index in [1.54, 1.807) is 0 Å². The summed E-state index contributed by atoms with van der Waals surface area (Å²) in [7, 11) is 2.24. The first-order valence-corrected chi connectivity index (χ1v) is 6.16. The third-order valence-electron chi connectivity index (χ3n) is 3.29. The van der Waals surface area contributed by atoms with Crippen molar-refractivity contribution in [3.63, 3.8) is 0 Å². The quantitative estimate of drug-likeness (QED) is 0.534. The van der Waals surface area contributed by atoms with Crippen molar-refractivity contribution in [2.75, 3.05) is 33.2 Å². The Bertz CT molecular complexity index is 183. The van der Waals surface area contributed by atoms with Gasteiger partial charge in [-0.15, -0.1) is 6.58 Å². The van der Waals surface area contributed by atoms with E-state index in [1.165, 1.54) is 45.4 Å². The van der Waals surface area contributed by atoms with E-state index in [-0.39, 0.29) is 0 Å². The Labute approximate surface area is 94.7 Å². The van der Waals surface area contributed by atoms with Crippen LogP contribution >= 0.6 is 0 Å². The van der Waals surface area contributed by atoms with Crippen LogP contribution in [0.25, 0.3) is 0 Å². The molecular formula is C13H26N2. The fourth-order valence-corrected chi connectivity index (χ4v) is 2.49. The Balaban J connectivity index is 2.22. The summed E-state index contributed by atoms with van der Waals surface area (Å²) >= 11 is 0. The molecule has 2 heteroatoms. The molecule has 1 fully saturated rings. The molecule has 88 valence electrons. The molecule has 1 aliphatic heterocycles. The fraction of sp³-hybridized carbons (Fsp3) is 0.846. The number of piperidine rings is 1. The Morgan fingerprint density at radius 1 is 1.53 bits per heavy atom. The average molecular weight is 210 g/mol. The Morgan fingerprint density at radius 2 is 2.33 bits per heavy atom. The largest absolute Gasteiger partial charge is 0.316 e. The summed E-state index contributed by atoms with van der Waals surface area (Å²) in [4.78, 5) is 2.47. The monoisotopic (exact) mass is 210 g/mol. The zero-order chi connectivity index (χ0) is 11.1. The lowest BCUT2D eigenvalue weighted by molar-refractivity contribution is 0.152. The first kappa shape index (κ1) is 12.7. The van der Waals surface area contributed by atoms with Crippen molar-refractivity contribution < 1.29 is 0 Å². The van der Waals surface area contributed by atoms with Crippen LogP contribution in [-0.2, 0) is 0 Å². The molecule has 0 amide bonds. The Hall–Kier alpha value is -0.340. The molecule has 0 aromatic heterocycles. The lowest BCUT2D eigenvalue weighted by Crippen LogP contribution is -2.45. The van der Waals surface area contributed by atoms with Gasteiger partial charge in [0.05, 0.1) is 0 Å². The fourth-order valence-electron chi connectivity index (χ4n) is 2.49. The van der Waals surface area contributed by atoms with Crippen molar-refractivity contribution in [1.82, 2.24) is 10.2 Å². The van der Waals surface area contributed by atoms with E-state index in [1.807, 2.05) is 6.08 Å². The van der Waals surface area contributed by atoms with E-state index in [4.69, 9.17) is 0 Å². The van der Waals surface area contributed by atoms with Gasteiger partial charge < -0.3 is 10.2 Å². The van der Waals surface area contributed by atoms with E-state index in [9.17, 15) is 0 Å². The highest BCUT2D eigenvalue weighted by Crippen LogP contribution is 2.26. The summed E-state index contributed by atoms with van der Waals surface area (Å²) in [6.07, 6.45) is 7.09. The molecule has 1 atom stereocenters. The van der Waals surface area contributed by atoms with E-state index >= 15 is 0 Å². The molecule has 15 heavy (non-hydrogen) atoms. The van der Waals surface area contributed by atoms with Crippen LogP contribution in [-0.4, -0.2) is 38.1 Å². The molecule has 2 nitrogen and oxygen atoms in total. The van der Waals surface area contributed by atoms with Gasteiger partial charge in [0.2, 0.25) is 0 Å². The molecule has 0 aromatic rings. The molecule has 1 heterocycles. The van der Waals surface area contributed by atoms with Crippen LogP contribution in [0.1, 0.15) is 32.6 Å². The van der Waals surface area contributed by atoms with Gasteiger partial charge >= 0.3 is 0 Å². The topological polar surface area (TPSA) is 15.3 Å². The second-order valence-electron chi connectivity index (χ2n) is 5.26. The van der Waals surface area contributed by atoms with Crippen molar-refractivity contribution in [2.45, 2.75) is 32.6 Å². The maximum atomic E-state index is 3.76. The lowest BCUT2D eigenvalue weighted by atomic mass is 9.82. The predicted molar refractivity (Wildman–Crippen MR) is 67.1 cm³/mol. The maximum Gasteiger partial charge on any atom is 0.00444 e. The van der Waals surface area contributed by atoms with Crippen LogP contribution in [0.2, 0.25) is 0 Å². The number of nitrogens with zero attached hydrogens (tertiary/aromatic N) is 1. The number of nitrogens with one attached hydrogen (secondary N) is 1. The second-order valence-corrected chi connectivity index (χ2v) is 5.26. The van der Waals surface area contributed by atoms with E-state index in [2.05, 4.69) is 30.8 Å². The molecule has 1 saturated heterocycles. The molecule has 1 N–H and O–H groups in total. The molecule has 0 aliphatic carbocycles. The summed E-state index contributed by atoms with van der Waals surface area (Å²) in [5.74, 6) is 0. The SMILES string of the molecule is C=CCCCN(C)CC1(C)CCCNC1. The maximum absolute atomic E-state index is 3.76. The molecular weight excluding hydrogens is 184 g/mol. The number of hydrogen-bond acceptors (Lipinski definition) is 2. The van der Waals surface area contributed by atoms with Gasteiger partial charge in [-0.1, -0.05) is 13.0 Å². The van der Waals surface area contributed by atoms with E-state index in [0.29, 0.717) is 5.41 Å². The van der Waals surface area contributed by atoms with Gasteiger partial charge in [0.1, 0.15) is 0 Å². The molecule has 0 radical (unpaired) electrons. The van der Waals surface area contributed by atoms with Gasteiger partial charge in [0.15, 0.2) is 0 Å². The summed E-state index contributed by atoms with van der Waals surface area (Å²) in [6.45, 7) is 11.0. The highest BCUT2D eigenvalue weighted by atomic mass is 15.1. The normalized spacial score (nSPS) is 26.9. The minimum Gasteiger partial charge on any atom is -0.316 e. The molecule has 1 unspecified atom stereocenters. The summed E-state index contributed by atoms with van der Waals surface area (Å²) in [5, 5.41) is 3.51. The molecule has 0 bridgehead atoms. The van der Waals surface area contributed by atoms with Crippen molar-refractivity contribution >= 4 is 0 Å². The zero-order valence-corrected chi connectivity index (χ0v) is 10.4. The number of allylic oxidation sites excluding steroid dienone is 1. The van der Waals surface area contributed by atoms with Crippen LogP contribution in [0, 0.1) is 5.41 Å². The van der Waals surface area contributed by atoms with Crippen LogP contribution in [0.4, 0.5) is 0 Å². The molecule has 0 aromatic carbocycles. The van der Waals surface area contributed by atoms with Crippen LogP contribution in [0.5, 0.6) is 0 Å². The van der Waals surface area contributed by atoms with Crippen molar-refractivity contribution in [3.8, 4) is 0 Å². The van der Waals surface area contributed by atoms with Crippen LogP contribution in [0.15, 0.2) is 12.7 Å². The summed E-state index contributed by atoms with van der Waals surface area (Å²) in [6, 6.07) is 0. The number of rotatable bonds is 6. The number of hydrogen-bond donors (Lipinski definition) is 1. The highest BCUT2D eigenvalue weighted by Gasteiger charge is 2.27. The standard InChI is InChI=1S/C13H26N2/c1-4-5-6-10-15(3)12-13(2)8-7-9-14-11-13/h4,14H,1,5-12H2,2-3H3. The zero-order valence-electron chi connectivity index (χ0n) is 10.4. The predicted octanol–water partition coefficient (Wildman–Crippen LogP) is 2.27. The third kappa shape index (κ3) is 4.80. The second kappa shape index (κ2) is 6.29. The van der Waals surface area contributed by atoms with Gasteiger partial charge in [0, 0.05) is 13.1 Å². The minimum atomic E-state index is 0.487. The Kier molecular flexibility index (Phi) is 5.34. The number of unbranched alkanes of at least 4 members (excludes halogenated alkanes) is 1. The molecule has 0 saturated carbocycles. The molecule has 0 spiro atoms. The van der Waals surface area contributed by atoms with E-state index in [0.717, 1.165) is 6.42 Å². The van der Waals surface area contributed by atoms with Gasteiger partial charge in [0.25, 0.3) is 0 Å². The highest BCUT2D eigenvalue weighted by molar-refractivity contribution is 4.83. The van der Waals surface area contributed by atoms with Crippen LogP contribution < -0.4 is 5.32 Å². The summed E-state index contributed by atoms with van der Waals surface area (Å²) in [5.41, 5.74) is 0.487. The van der Waals surface area contributed by atoms with Gasteiger partial charge in [-0.2, -0.15) is 0 Å². The Morgan fingerprint density at radius 3 is 2.93 bits per heavy atom. The summed E-state index contributed by atoms with van der Waals surface area (Å²) < 4.78 is 0. The van der Waals surface area contributed by atoms with E-state index < -0.39 is 0 Å². The third-order valence-corrected chi connectivity index (χ3v) is 3.29. The van der Waals surface area contributed by atoms with Crippen LogP contribution in [0.3, 0.4) is 0 Å². The van der Waals surface area contributed by atoms with Gasteiger partial charge in [-0.25, -0.2) is 0 Å².